The number of hydrogen-bond acceptors (Lipinski definition) is 3. The normalized spacial score (nSPS) is 10.4. The summed E-state index contributed by atoms with van der Waals surface area (Å²) in [4.78, 5) is 18.1. The van der Waals surface area contributed by atoms with Crippen molar-refractivity contribution in [2.75, 3.05) is 13.2 Å². The smallest absolute Gasteiger partial charge is 0.257 e. The molecule has 0 fully saturated rings. The van der Waals surface area contributed by atoms with Gasteiger partial charge in [-0.25, -0.2) is 4.98 Å². The van der Waals surface area contributed by atoms with Crippen molar-refractivity contribution < 1.29 is 9.90 Å². The van der Waals surface area contributed by atoms with Gasteiger partial charge in [-0.15, -0.1) is 0 Å². The molecule has 1 heterocycles. The highest BCUT2D eigenvalue weighted by atomic mass is 79.9. The summed E-state index contributed by atoms with van der Waals surface area (Å²) in [7, 11) is 0. The summed E-state index contributed by atoms with van der Waals surface area (Å²) in [6, 6.07) is 11.2. The average Bonchev–Trinajstić information content (AvgIpc) is 2.49. The van der Waals surface area contributed by atoms with Gasteiger partial charge in [-0.1, -0.05) is 41.9 Å². The average molecular weight is 370 g/mol. The standard InChI is InChI=1S/C15H14BrClN2O2/c16-12-8-13(14(17)18-9-12)15(21)19(6-7-20)10-11-4-2-1-3-5-11/h1-5,8-9,20H,6-7,10H2. The van der Waals surface area contributed by atoms with Gasteiger partial charge < -0.3 is 10.0 Å². The number of nitrogens with zero attached hydrogens (tertiary/aromatic N) is 2. The van der Waals surface area contributed by atoms with Crippen LogP contribution in [0.3, 0.4) is 0 Å². The molecular formula is C15H14BrClN2O2. The van der Waals surface area contributed by atoms with Gasteiger partial charge in [-0.3, -0.25) is 4.79 Å². The Balaban J connectivity index is 2.25. The zero-order chi connectivity index (χ0) is 15.2. The molecule has 0 atom stereocenters. The Bertz CT molecular complexity index is 622. The number of halogens is 2. The quantitative estimate of drug-likeness (QED) is 0.824. The van der Waals surface area contributed by atoms with E-state index in [4.69, 9.17) is 11.6 Å². The number of carbonyl (C=O) groups is 1. The second-order valence-electron chi connectivity index (χ2n) is 4.43. The van der Waals surface area contributed by atoms with E-state index in [-0.39, 0.29) is 24.2 Å². The Labute approximate surface area is 136 Å². The molecular weight excluding hydrogens is 356 g/mol. The molecule has 1 aromatic carbocycles. The van der Waals surface area contributed by atoms with Crippen molar-refractivity contribution in [2.24, 2.45) is 0 Å². The van der Waals surface area contributed by atoms with Crippen LogP contribution in [0.25, 0.3) is 0 Å². The summed E-state index contributed by atoms with van der Waals surface area (Å²) < 4.78 is 0.680. The SMILES string of the molecule is O=C(c1cc(Br)cnc1Cl)N(CCO)Cc1ccccc1. The molecule has 21 heavy (non-hydrogen) atoms. The fourth-order valence-electron chi connectivity index (χ4n) is 1.92. The number of aromatic nitrogens is 1. The van der Waals surface area contributed by atoms with Crippen LogP contribution in [0.1, 0.15) is 15.9 Å². The Morgan fingerprint density at radius 3 is 2.71 bits per heavy atom. The molecule has 1 N–H and O–H groups in total. The zero-order valence-corrected chi connectivity index (χ0v) is 13.5. The van der Waals surface area contributed by atoms with Crippen LogP contribution < -0.4 is 0 Å². The maximum atomic E-state index is 12.6. The molecule has 0 saturated carbocycles. The van der Waals surface area contributed by atoms with E-state index in [9.17, 15) is 9.90 Å². The maximum Gasteiger partial charge on any atom is 0.257 e. The van der Waals surface area contributed by atoms with Crippen LogP contribution in [-0.2, 0) is 6.54 Å². The lowest BCUT2D eigenvalue weighted by Crippen LogP contribution is -2.33. The Morgan fingerprint density at radius 2 is 2.05 bits per heavy atom. The number of rotatable bonds is 5. The van der Waals surface area contributed by atoms with Crippen LogP contribution in [-0.4, -0.2) is 34.0 Å². The van der Waals surface area contributed by atoms with Gasteiger partial charge in [0.25, 0.3) is 5.91 Å². The molecule has 0 unspecified atom stereocenters. The first-order valence-corrected chi connectivity index (χ1v) is 7.54. The highest BCUT2D eigenvalue weighted by molar-refractivity contribution is 9.10. The minimum Gasteiger partial charge on any atom is -0.395 e. The van der Waals surface area contributed by atoms with Gasteiger partial charge in [0.05, 0.1) is 12.2 Å². The van der Waals surface area contributed by atoms with Gasteiger partial charge in [-0.05, 0) is 27.6 Å². The van der Waals surface area contributed by atoms with E-state index in [2.05, 4.69) is 20.9 Å². The number of hydrogen-bond donors (Lipinski definition) is 1. The lowest BCUT2D eigenvalue weighted by Gasteiger charge is -2.22. The van der Waals surface area contributed by atoms with Crippen LogP contribution in [0.4, 0.5) is 0 Å². The first kappa shape index (κ1) is 15.9. The molecule has 0 bridgehead atoms. The first-order valence-electron chi connectivity index (χ1n) is 6.37. The van der Waals surface area contributed by atoms with E-state index in [1.54, 1.807) is 11.0 Å². The molecule has 0 aliphatic heterocycles. The van der Waals surface area contributed by atoms with Crippen molar-refractivity contribution in [1.82, 2.24) is 9.88 Å². The molecule has 4 nitrogen and oxygen atoms in total. The number of aliphatic hydroxyl groups excluding tert-OH is 1. The summed E-state index contributed by atoms with van der Waals surface area (Å²) in [5.41, 5.74) is 1.30. The molecule has 110 valence electrons. The Morgan fingerprint density at radius 1 is 1.33 bits per heavy atom. The summed E-state index contributed by atoms with van der Waals surface area (Å²) in [5.74, 6) is -0.258. The van der Waals surface area contributed by atoms with Gasteiger partial charge in [0.2, 0.25) is 0 Å². The third kappa shape index (κ3) is 4.27. The Kier molecular flexibility index (Phi) is 5.73. The molecule has 0 saturated heterocycles. The second-order valence-corrected chi connectivity index (χ2v) is 5.70. The fraction of sp³-hybridized carbons (Fsp3) is 0.200. The summed E-state index contributed by atoms with van der Waals surface area (Å²) in [6.07, 6.45) is 1.53. The predicted molar refractivity (Wildman–Crippen MR) is 85.2 cm³/mol. The lowest BCUT2D eigenvalue weighted by molar-refractivity contribution is 0.0707. The van der Waals surface area contributed by atoms with Crippen molar-refractivity contribution in [3.8, 4) is 0 Å². The zero-order valence-electron chi connectivity index (χ0n) is 11.2. The van der Waals surface area contributed by atoms with E-state index in [0.717, 1.165) is 5.56 Å². The summed E-state index contributed by atoms with van der Waals surface area (Å²) in [6.45, 7) is 0.525. The van der Waals surface area contributed by atoms with Crippen LogP contribution in [0.2, 0.25) is 5.15 Å². The minimum absolute atomic E-state index is 0.113. The second kappa shape index (κ2) is 7.54. The molecule has 0 radical (unpaired) electrons. The highest BCUT2D eigenvalue weighted by Crippen LogP contribution is 2.20. The van der Waals surface area contributed by atoms with Crippen LogP contribution in [0, 0.1) is 0 Å². The van der Waals surface area contributed by atoms with Gasteiger partial charge in [0.1, 0.15) is 5.15 Å². The number of carbonyl (C=O) groups excluding carboxylic acids is 1. The first-order chi connectivity index (χ1) is 10.1. The van der Waals surface area contributed by atoms with Crippen molar-refractivity contribution in [3.63, 3.8) is 0 Å². The predicted octanol–water partition coefficient (Wildman–Crippen LogP) is 3.13. The van der Waals surface area contributed by atoms with Gasteiger partial charge >= 0.3 is 0 Å². The maximum absolute atomic E-state index is 12.6. The van der Waals surface area contributed by atoms with Gasteiger partial charge in [-0.2, -0.15) is 0 Å². The van der Waals surface area contributed by atoms with Crippen molar-refractivity contribution in [1.29, 1.82) is 0 Å². The van der Waals surface area contributed by atoms with E-state index in [0.29, 0.717) is 16.6 Å². The molecule has 6 heteroatoms. The molecule has 2 aromatic rings. The third-order valence-electron chi connectivity index (χ3n) is 2.91. The number of pyridine rings is 1. The molecule has 0 spiro atoms. The number of benzene rings is 1. The molecule has 2 rings (SSSR count). The number of amides is 1. The van der Waals surface area contributed by atoms with Gasteiger partial charge in [0, 0.05) is 23.8 Å². The number of aliphatic hydroxyl groups is 1. The Hall–Kier alpha value is -1.43. The lowest BCUT2D eigenvalue weighted by atomic mass is 10.2. The van der Waals surface area contributed by atoms with E-state index in [1.165, 1.54) is 6.20 Å². The topological polar surface area (TPSA) is 53.4 Å². The monoisotopic (exact) mass is 368 g/mol. The van der Waals surface area contributed by atoms with Crippen LogP contribution in [0.15, 0.2) is 47.1 Å². The molecule has 1 amide bonds. The largest absolute Gasteiger partial charge is 0.395 e. The van der Waals surface area contributed by atoms with Crippen molar-refractivity contribution >= 4 is 33.4 Å². The summed E-state index contributed by atoms with van der Waals surface area (Å²) >= 11 is 9.27. The van der Waals surface area contributed by atoms with E-state index < -0.39 is 0 Å². The third-order valence-corrected chi connectivity index (χ3v) is 3.64. The van der Waals surface area contributed by atoms with E-state index in [1.807, 2.05) is 30.3 Å². The molecule has 0 aliphatic carbocycles. The molecule has 1 aromatic heterocycles. The summed E-state index contributed by atoms with van der Waals surface area (Å²) in [5, 5.41) is 9.33. The van der Waals surface area contributed by atoms with Gasteiger partial charge in [0.15, 0.2) is 0 Å². The van der Waals surface area contributed by atoms with Crippen molar-refractivity contribution in [2.45, 2.75) is 6.54 Å². The fourth-order valence-corrected chi connectivity index (χ4v) is 2.44. The minimum atomic E-state index is -0.258. The highest BCUT2D eigenvalue weighted by Gasteiger charge is 2.19. The van der Waals surface area contributed by atoms with Crippen molar-refractivity contribution in [3.05, 3.63) is 63.3 Å². The van der Waals surface area contributed by atoms with E-state index >= 15 is 0 Å². The van der Waals surface area contributed by atoms with Crippen LogP contribution >= 0.6 is 27.5 Å². The van der Waals surface area contributed by atoms with Crippen LogP contribution in [0.5, 0.6) is 0 Å². The molecule has 0 aliphatic rings.